The zero-order chi connectivity index (χ0) is 34.5. The average Bonchev–Trinajstić information content (AvgIpc) is 3.77. The molecule has 0 radical (unpaired) electrons. The quantitative estimate of drug-likeness (QED) is 0.204. The molecule has 12 nitrogen and oxygen atoms in total. The molecule has 50 heavy (non-hydrogen) atoms. The summed E-state index contributed by atoms with van der Waals surface area (Å²) in [5.74, 6) is 1.45. The van der Waals surface area contributed by atoms with Crippen LogP contribution in [0.4, 0.5) is 11.4 Å². The molecule has 0 fully saturated rings. The molecule has 0 atom stereocenters. The van der Waals surface area contributed by atoms with Crippen LogP contribution in [-0.2, 0) is 26.3 Å². The van der Waals surface area contributed by atoms with Crippen molar-refractivity contribution in [2.24, 2.45) is 0 Å². The smallest absolute Gasteiger partial charge is 0.276 e. The standard InChI is InChI=1S/2C19H18N4O2/c1-14-9-16(12-20-11-14)22-7-8-23-18(19(22)24)10-15(21-23)13-25-17-5-3-2-4-6-17;1-14-7-8-16(12-20-14)22-9-10-23-18(19(22)24)11-15(21-23)13-25-17-5-3-2-4-6-17/h2-6,9-12H,7-8,13H2,1H3;2-8,11-12H,9-10,13H2,1H3. The first-order valence-electron chi connectivity index (χ1n) is 16.4. The molecular formula is C38H36N8O4. The molecule has 2 aromatic carbocycles. The molecule has 2 amide bonds. The summed E-state index contributed by atoms with van der Waals surface area (Å²) >= 11 is 0. The Balaban J connectivity index is 0.000000157. The molecule has 0 bridgehead atoms. The van der Waals surface area contributed by atoms with Crippen LogP contribution < -0.4 is 19.3 Å². The van der Waals surface area contributed by atoms with E-state index in [1.807, 2.05) is 92.7 Å². The Labute approximate surface area is 289 Å². The number of rotatable bonds is 8. The molecule has 6 heterocycles. The second-order valence-electron chi connectivity index (χ2n) is 12.0. The first-order chi connectivity index (χ1) is 24.4. The third-order valence-corrected chi connectivity index (χ3v) is 8.30. The Morgan fingerprint density at radius 2 is 1.14 bits per heavy atom. The molecule has 2 aliphatic heterocycles. The average molecular weight is 669 g/mol. The molecule has 0 spiro atoms. The number of aromatic nitrogens is 6. The molecule has 8 rings (SSSR count). The molecule has 252 valence electrons. The van der Waals surface area contributed by atoms with Crippen molar-refractivity contribution < 1.29 is 19.1 Å². The van der Waals surface area contributed by atoms with Gasteiger partial charge in [-0.05, 0) is 74.0 Å². The lowest BCUT2D eigenvalue weighted by Crippen LogP contribution is -2.40. The van der Waals surface area contributed by atoms with E-state index in [-0.39, 0.29) is 11.8 Å². The molecule has 0 unspecified atom stereocenters. The number of pyridine rings is 2. The second kappa shape index (κ2) is 14.4. The lowest BCUT2D eigenvalue weighted by Gasteiger charge is -2.27. The molecule has 4 aromatic heterocycles. The molecule has 0 saturated carbocycles. The van der Waals surface area contributed by atoms with Gasteiger partial charge in [-0.15, -0.1) is 0 Å². The van der Waals surface area contributed by atoms with Crippen molar-refractivity contribution in [2.75, 3.05) is 22.9 Å². The van der Waals surface area contributed by atoms with Crippen molar-refractivity contribution in [3.8, 4) is 11.5 Å². The van der Waals surface area contributed by atoms with Gasteiger partial charge < -0.3 is 19.3 Å². The monoisotopic (exact) mass is 668 g/mol. The number of hydrogen-bond acceptors (Lipinski definition) is 8. The normalized spacial score (nSPS) is 13.6. The van der Waals surface area contributed by atoms with Crippen LogP contribution in [0.5, 0.6) is 11.5 Å². The first kappa shape index (κ1) is 32.3. The second-order valence-corrected chi connectivity index (χ2v) is 12.0. The number of amides is 2. The van der Waals surface area contributed by atoms with Crippen molar-refractivity contribution >= 4 is 23.2 Å². The van der Waals surface area contributed by atoms with Crippen LogP contribution >= 0.6 is 0 Å². The van der Waals surface area contributed by atoms with Gasteiger partial charge in [0.1, 0.15) is 47.5 Å². The lowest BCUT2D eigenvalue weighted by atomic mass is 10.2. The third-order valence-electron chi connectivity index (χ3n) is 8.30. The van der Waals surface area contributed by atoms with E-state index in [1.54, 1.807) is 49.9 Å². The largest absolute Gasteiger partial charge is 0.487 e. The van der Waals surface area contributed by atoms with E-state index in [9.17, 15) is 9.59 Å². The molecule has 0 saturated heterocycles. The maximum atomic E-state index is 12.8. The van der Waals surface area contributed by atoms with Crippen molar-refractivity contribution in [1.82, 2.24) is 29.5 Å². The van der Waals surface area contributed by atoms with Gasteiger partial charge in [-0.2, -0.15) is 10.2 Å². The predicted octanol–water partition coefficient (Wildman–Crippen LogP) is 5.65. The number of benzene rings is 2. The third kappa shape index (κ3) is 7.24. The summed E-state index contributed by atoms with van der Waals surface area (Å²) in [5.41, 5.74) is 6.25. The van der Waals surface area contributed by atoms with E-state index < -0.39 is 0 Å². The number of ether oxygens (including phenoxy) is 2. The number of carbonyl (C=O) groups is 2. The van der Waals surface area contributed by atoms with Gasteiger partial charge in [0.05, 0.1) is 36.9 Å². The molecule has 2 aliphatic rings. The fourth-order valence-electron chi connectivity index (χ4n) is 5.78. The van der Waals surface area contributed by atoms with E-state index in [2.05, 4.69) is 20.2 Å². The van der Waals surface area contributed by atoms with E-state index >= 15 is 0 Å². The number of fused-ring (bicyclic) bond motifs is 2. The molecule has 0 aliphatic carbocycles. The topological polar surface area (TPSA) is 120 Å². The summed E-state index contributed by atoms with van der Waals surface area (Å²) < 4.78 is 15.0. The summed E-state index contributed by atoms with van der Waals surface area (Å²) in [6.45, 7) is 7.03. The highest BCUT2D eigenvalue weighted by Crippen LogP contribution is 2.24. The van der Waals surface area contributed by atoms with Gasteiger partial charge in [0.15, 0.2) is 0 Å². The Morgan fingerprint density at radius 3 is 1.64 bits per heavy atom. The van der Waals surface area contributed by atoms with Gasteiger partial charge in [-0.1, -0.05) is 36.4 Å². The van der Waals surface area contributed by atoms with E-state index in [0.29, 0.717) is 50.8 Å². The molecule has 6 aromatic rings. The SMILES string of the molecule is Cc1ccc(N2CCn3nc(COc4ccccc4)cc3C2=O)cn1.Cc1cncc(N2CCn3nc(COc4ccccc4)cc3C2=O)c1. The van der Waals surface area contributed by atoms with Gasteiger partial charge in [0.2, 0.25) is 0 Å². The first-order valence-corrected chi connectivity index (χ1v) is 16.4. The lowest BCUT2D eigenvalue weighted by molar-refractivity contribution is 0.0954. The minimum Gasteiger partial charge on any atom is -0.487 e. The van der Waals surface area contributed by atoms with Crippen LogP contribution in [0.2, 0.25) is 0 Å². The number of hydrogen-bond donors (Lipinski definition) is 0. The van der Waals surface area contributed by atoms with Crippen LogP contribution in [-0.4, -0.2) is 54.4 Å². The fourth-order valence-corrected chi connectivity index (χ4v) is 5.78. The van der Waals surface area contributed by atoms with Crippen molar-refractivity contribution in [2.45, 2.75) is 40.2 Å². The van der Waals surface area contributed by atoms with E-state index in [4.69, 9.17) is 9.47 Å². The Kier molecular flexibility index (Phi) is 9.32. The summed E-state index contributed by atoms with van der Waals surface area (Å²) in [5, 5.41) is 8.98. The maximum absolute atomic E-state index is 12.8. The molecular weight excluding hydrogens is 632 g/mol. The summed E-state index contributed by atoms with van der Waals surface area (Å²) in [7, 11) is 0. The van der Waals surface area contributed by atoms with Crippen LogP contribution in [0.25, 0.3) is 0 Å². The number of carbonyl (C=O) groups excluding carboxylic acids is 2. The Bertz CT molecular complexity index is 2090. The van der Waals surface area contributed by atoms with Crippen LogP contribution in [0.15, 0.2) is 110 Å². The van der Waals surface area contributed by atoms with Gasteiger partial charge in [-0.3, -0.25) is 28.9 Å². The summed E-state index contributed by atoms with van der Waals surface area (Å²) in [4.78, 5) is 37.5. The van der Waals surface area contributed by atoms with Crippen LogP contribution in [0.1, 0.15) is 43.6 Å². The zero-order valence-electron chi connectivity index (χ0n) is 27.8. The highest BCUT2D eigenvalue weighted by molar-refractivity contribution is 6.06. The van der Waals surface area contributed by atoms with Gasteiger partial charge in [0, 0.05) is 25.0 Å². The number of aryl methyl sites for hydroxylation is 2. The minimum atomic E-state index is -0.0598. The fraction of sp³-hybridized carbons (Fsp3) is 0.211. The Hall–Kier alpha value is -6.30. The Morgan fingerprint density at radius 1 is 0.600 bits per heavy atom. The van der Waals surface area contributed by atoms with Crippen LogP contribution in [0.3, 0.4) is 0 Å². The van der Waals surface area contributed by atoms with Gasteiger partial charge >= 0.3 is 0 Å². The van der Waals surface area contributed by atoms with Crippen molar-refractivity contribution in [1.29, 1.82) is 0 Å². The summed E-state index contributed by atoms with van der Waals surface area (Å²) in [6.07, 6.45) is 5.23. The highest BCUT2D eigenvalue weighted by Gasteiger charge is 2.29. The maximum Gasteiger partial charge on any atom is 0.276 e. The zero-order valence-corrected chi connectivity index (χ0v) is 27.8. The molecule has 0 N–H and O–H groups in total. The minimum absolute atomic E-state index is 0.0582. The highest BCUT2D eigenvalue weighted by atomic mass is 16.5. The van der Waals surface area contributed by atoms with Gasteiger partial charge in [-0.25, -0.2) is 0 Å². The van der Waals surface area contributed by atoms with E-state index in [0.717, 1.165) is 45.5 Å². The summed E-state index contributed by atoms with van der Waals surface area (Å²) in [6, 6.07) is 28.6. The van der Waals surface area contributed by atoms with Crippen LogP contribution in [0, 0.1) is 13.8 Å². The molecule has 12 heteroatoms. The predicted molar refractivity (Wildman–Crippen MR) is 187 cm³/mol. The van der Waals surface area contributed by atoms with E-state index in [1.165, 1.54) is 0 Å². The number of anilines is 2. The van der Waals surface area contributed by atoms with Crippen molar-refractivity contribution in [3.05, 3.63) is 144 Å². The van der Waals surface area contributed by atoms with Gasteiger partial charge in [0.25, 0.3) is 11.8 Å². The number of para-hydroxylation sites is 2. The van der Waals surface area contributed by atoms with Crippen molar-refractivity contribution in [3.63, 3.8) is 0 Å². The number of nitrogens with zero attached hydrogens (tertiary/aromatic N) is 8.